The lowest BCUT2D eigenvalue weighted by molar-refractivity contribution is -0.132. The topological polar surface area (TPSA) is 126 Å². The fraction of sp³-hybridized carbons (Fsp3) is 0.353. The van der Waals surface area contributed by atoms with Crippen LogP contribution in [0.5, 0.6) is 5.75 Å². The lowest BCUT2D eigenvalue weighted by Gasteiger charge is -2.27. The van der Waals surface area contributed by atoms with E-state index >= 15 is 0 Å². The van der Waals surface area contributed by atoms with Gasteiger partial charge >= 0.3 is 0 Å². The van der Waals surface area contributed by atoms with Crippen molar-refractivity contribution in [1.82, 2.24) is 21.3 Å². The molecule has 0 aromatic heterocycles. The molecule has 4 amide bonds. The summed E-state index contributed by atoms with van der Waals surface area (Å²) in [5.74, 6) is -1.78. The summed E-state index contributed by atoms with van der Waals surface area (Å²) in [6.45, 7) is 4.15. The Morgan fingerprint density at radius 2 is 1.51 bits per heavy atom. The van der Waals surface area contributed by atoms with Crippen molar-refractivity contribution in [2.24, 2.45) is 5.92 Å². The molecule has 0 fully saturated rings. The van der Waals surface area contributed by atoms with Gasteiger partial charge in [-0.15, -0.1) is 0 Å². The van der Waals surface area contributed by atoms with E-state index in [1.165, 1.54) is 0 Å². The van der Waals surface area contributed by atoms with E-state index in [9.17, 15) is 19.2 Å². The summed E-state index contributed by atoms with van der Waals surface area (Å²) in [5, 5.41) is 11.4. The molecule has 3 atom stereocenters. The Labute approximate surface area is 252 Å². The van der Waals surface area contributed by atoms with Crippen LogP contribution in [0.15, 0.2) is 84.9 Å². The molecule has 1 heterocycles. The summed E-state index contributed by atoms with van der Waals surface area (Å²) in [4.78, 5) is 53.3. The smallest absolute Gasteiger partial charge is 0.255 e. The zero-order valence-corrected chi connectivity index (χ0v) is 24.7. The quantitative estimate of drug-likeness (QED) is 0.303. The van der Waals surface area contributed by atoms with Gasteiger partial charge in [0.2, 0.25) is 17.7 Å². The fourth-order valence-corrected chi connectivity index (χ4v) is 4.98. The number of rotatable bonds is 8. The van der Waals surface area contributed by atoms with Crippen molar-refractivity contribution in [2.75, 3.05) is 13.2 Å². The van der Waals surface area contributed by atoms with Gasteiger partial charge in [-0.3, -0.25) is 19.2 Å². The van der Waals surface area contributed by atoms with Crippen molar-refractivity contribution < 1.29 is 23.9 Å². The van der Waals surface area contributed by atoms with E-state index in [-0.39, 0.29) is 30.4 Å². The number of carbonyl (C=O) groups is 4. The molecule has 0 spiro atoms. The van der Waals surface area contributed by atoms with E-state index in [0.29, 0.717) is 25.1 Å². The van der Waals surface area contributed by atoms with Gasteiger partial charge in [-0.2, -0.15) is 0 Å². The van der Waals surface area contributed by atoms with Gasteiger partial charge in [0.1, 0.15) is 24.4 Å². The fourth-order valence-electron chi connectivity index (χ4n) is 4.98. The second-order valence-electron chi connectivity index (χ2n) is 11.1. The molecule has 3 aromatic carbocycles. The monoisotopic (exact) mass is 584 g/mol. The standard InChI is InChI=1S/C34H40N4O5/c1-23(2)31-34(42)36-26(20-25-14-7-4-8-15-25)22-43-29-18-10-9-17-27(29)32(40)37-28(21-30(39)38-31)33(41)35-19-11-16-24-12-5-3-6-13-24/h3-10,12-15,17-18,23,26,28,31H,11,16,19-22H2,1-2H3,(H,35,41)(H,36,42)(H,37,40)(H,38,39)/t26-,28+,31+/m1/s1. The molecule has 0 unspecified atom stereocenters. The van der Waals surface area contributed by atoms with Gasteiger partial charge in [-0.05, 0) is 48.4 Å². The van der Waals surface area contributed by atoms with E-state index in [0.717, 1.165) is 17.5 Å². The molecule has 0 aliphatic carbocycles. The SMILES string of the molecule is CC(C)[C@@H]1NC(=O)C[C@@H](C(=O)NCCCc2ccccc2)NC(=O)c2ccccc2OC[C@@H](Cc2ccccc2)NC1=O. The van der Waals surface area contributed by atoms with Gasteiger partial charge in [0.25, 0.3) is 5.91 Å². The average molecular weight is 585 g/mol. The molecule has 3 aromatic rings. The lowest BCUT2D eigenvalue weighted by atomic mass is 10.0. The van der Waals surface area contributed by atoms with E-state index in [2.05, 4.69) is 21.3 Å². The molecule has 0 radical (unpaired) electrons. The normalized spacial score (nSPS) is 19.6. The molecule has 0 saturated carbocycles. The molecule has 9 nitrogen and oxygen atoms in total. The number of carbonyl (C=O) groups excluding carboxylic acids is 4. The van der Waals surface area contributed by atoms with Crippen molar-refractivity contribution in [2.45, 2.75) is 57.7 Å². The van der Waals surface area contributed by atoms with Crippen molar-refractivity contribution >= 4 is 23.6 Å². The second-order valence-corrected chi connectivity index (χ2v) is 11.1. The predicted octanol–water partition coefficient (Wildman–Crippen LogP) is 3.18. The third-order valence-corrected chi connectivity index (χ3v) is 7.30. The molecule has 0 saturated heterocycles. The Balaban J connectivity index is 1.54. The van der Waals surface area contributed by atoms with E-state index < -0.39 is 35.8 Å². The third-order valence-electron chi connectivity index (χ3n) is 7.30. The van der Waals surface area contributed by atoms with E-state index in [1.807, 2.05) is 74.5 Å². The number of hydrogen-bond acceptors (Lipinski definition) is 5. The molecule has 0 bridgehead atoms. The number of para-hydroxylation sites is 1. The minimum Gasteiger partial charge on any atom is -0.491 e. The van der Waals surface area contributed by atoms with Crippen molar-refractivity contribution in [3.8, 4) is 5.75 Å². The van der Waals surface area contributed by atoms with Gasteiger partial charge in [-0.1, -0.05) is 86.6 Å². The largest absolute Gasteiger partial charge is 0.491 e. The predicted molar refractivity (Wildman–Crippen MR) is 164 cm³/mol. The van der Waals surface area contributed by atoms with Crippen molar-refractivity contribution in [1.29, 1.82) is 0 Å². The molecule has 226 valence electrons. The lowest BCUT2D eigenvalue weighted by Crippen LogP contribution is -2.55. The minimum absolute atomic E-state index is 0.0923. The van der Waals surface area contributed by atoms with Crippen molar-refractivity contribution in [3.05, 3.63) is 102 Å². The highest BCUT2D eigenvalue weighted by Crippen LogP contribution is 2.20. The van der Waals surface area contributed by atoms with Gasteiger partial charge in [-0.25, -0.2) is 0 Å². The molecule has 1 aliphatic rings. The molecule has 4 rings (SSSR count). The van der Waals surface area contributed by atoms with Gasteiger partial charge in [0.05, 0.1) is 18.0 Å². The van der Waals surface area contributed by atoms with Crippen LogP contribution < -0.4 is 26.0 Å². The summed E-state index contributed by atoms with van der Waals surface area (Å²) in [6.07, 6.45) is 1.63. The van der Waals surface area contributed by atoms with Crippen molar-refractivity contribution in [3.63, 3.8) is 0 Å². The van der Waals surface area contributed by atoms with Crippen LogP contribution in [0.3, 0.4) is 0 Å². The Kier molecular flexibility index (Phi) is 11.3. The van der Waals surface area contributed by atoms with Crippen LogP contribution in [0, 0.1) is 5.92 Å². The number of nitrogens with one attached hydrogen (secondary N) is 4. The number of benzene rings is 3. The highest BCUT2D eigenvalue weighted by Gasteiger charge is 2.31. The van der Waals surface area contributed by atoms with Crippen LogP contribution in [-0.4, -0.2) is 54.9 Å². The van der Waals surface area contributed by atoms with Gasteiger partial charge < -0.3 is 26.0 Å². The third kappa shape index (κ3) is 9.43. The summed E-state index contributed by atoms with van der Waals surface area (Å²) in [7, 11) is 0. The first kappa shape index (κ1) is 31.3. The Morgan fingerprint density at radius 1 is 0.860 bits per heavy atom. The van der Waals surface area contributed by atoms with Gasteiger partial charge in [0.15, 0.2) is 0 Å². The second kappa shape index (κ2) is 15.5. The first-order valence-electron chi connectivity index (χ1n) is 14.8. The molecule has 1 aliphatic heterocycles. The number of fused-ring (bicyclic) bond motifs is 1. The maximum Gasteiger partial charge on any atom is 0.255 e. The summed E-state index contributed by atoms with van der Waals surface area (Å²) in [6, 6.07) is 23.9. The summed E-state index contributed by atoms with van der Waals surface area (Å²) < 4.78 is 6.11. The Hall–Kier alpha value is -4.66. The number of ether oxygens (including phenoxy) is 1. The molecular weight excluding hydrogens is 544 g/mol. The molecule has 9 heteroatoms. The number of hydrogen-bond donors (Lipinski definition) is 4. The van der Waals surface area contributed by atoms with Gasteiger partial charge in [0, 0.05) is 6.54 Å². The molecular formula is C34H40N4O5. The number of aryl methyl sites for hydroxylation is 1. The average Bonchev–Trinajstić information content (AvgIpc) is 3.01. The maximum absolute atomic E-state index is 13.4. The Bertz CT molecular complexity index is 1380. The summed E-state index contributed by atoms with van der Waals surface area (Å²) in [5.41, 5.74) is 2.39. The summed E-state index contributed by atoms with van der Waals surface area (Å²) >= 11 is 0. The highest BCUT2D eigenvalue weighted by molar-refractivity contribution is 6.01. The molecule has 43 heavy (non-hydrogen) atoms. The van der Waals surface area contributed by atoms with Crippen LogP contribution in [0.4, 0.5) is 0 Å². The van der Waals surface area contributed by atoms with Crippen LogP contribution in [0.25, 0.3) is 0 Å². The van der Waals surface area contributed by atoms with E-state index in [4.69, 9.17) is 4.74 Å². The zero-order valence-electron chi connectivity index (χ0n) is 24.7. The molecule has 4 N–H and O–H groups in total. The van der Waals surface area contributed by atoms with Crippen LogP contribution in [-0.2, 0) is 27.2 Å². The number of amides is 4. The first-order valence-corrected chi connectivity index (χ1v) is 14.8. The van der Waals surface area contributed by atoms with Crippen LogP contribution >= 0.6 is 0 Å². The van der Waals surface area contributed by atoms with Crippen LogP contribution in [0.2, 0.25) is 0 Å². The first-order chi connectivity index (χ1) is 20.8. The van der Waals surface area contributed by atoms with E-state index in [1.54, 1.807) is 24.3 Å². The highest BCUT2D eigenvalue weighted by atomic mass is 16.5. The Morgan fingerprint density at radius 3 is 2.21 bits per heavy atom. The minimum atomic E-state index is -1.15. The maximum atomic E-state index is 13.4. The zero-order chi connectivity index (χ0) is 30.6. The van der Waals surface area contributed by atoms with Crippen LogP contribution in [0.1, 0.15) is 48.2 Å².